The topological polar surface area (TPSA) is 129 Å². The molecular weight excluding hydrogens is 684 g/mol. The molecule has 0 aromatic heterocycles. The van der Waals surface area contributed by atoms with Gasteiger partial charge in [-0.25, -0.2) is 0 Å². The molecule has 0 radical (unpaired) electrons. The summed E-state index contributed by atoms with van der Waals surface area (Å²) in [6.07, 6.45) is 4.09. The third-order valence-corrected chi connectivity index (χ3v) is 11.7. The molecule has 3 aliphatic heterocycles. The number of aliphatic hydroxyl groups is 1. The van der Waals surface area contributed by atoms with E-state index in [-0.39, 0.29) is 37.3 Å². The van der Waals surface area contributed by atoms with E-state index < -0.39 is 59.6 Å². The fraction of sp³-hybridized carbons (Fsp3) is 0.535. The van der Waals surface area contributed by atoms with Crippen molar-refractivity contribution in [3.8, 4) is 0 Å². The fourth-order valence-electron chi connectivity index (χ4n) is 8.78. The molecule has 0 unspecified atom stereocenters. The molecule has 2 aromatic rings. The summed E-state index contributed by atoms with van der Waals surface area (Å²) in [4.78, 5) is 62.7. The van der Waals surface area contributed by atoms with Crippen LogP contribution in [0.3, 0.4) is 0 Å². The third kappa shape index (κ3) is 7.71. The maximum absolute atomic E-state index is 15.1. The second-order valence-electron chi connectivity index (χ2n) is 14.8. The molecule has 0 saturated carbocycles. The number of likely N-dealkylation sites (tertiary alicyclic amines) is 1. The van der Waals surface area contributed by atoms with Crippen molar-refractivity contribution < 1.29 is 33.8 Å². The Morgan fingerprint density at radius 1 is 1.04 bits per heavy atom. The summed E-state index contributed by atoms with van der Waals surface area (Å²) in [7, 11) is 0. The standard InChI is InChI=1S/C43H58N4O7/c1-8-13-19-35(49)44-29(7)38(30-17-15-14-16-18-30)53-42(52)36-34-24-25-43(54-34)37(36)40(50)47(33(27-48)28(6)10-3)39(43)41(51)46(26-9-2)32-22-20-31(21-23-32)45(11-4)12-5/h8-9,14-18,20-23,28-29,33-34,36-39,48H,1-2,10-13,19,24-27H2,3-7H3,(H,44,49)/t28-,29+,33-,34-,36+,37+,38+,39-,43+/m0/s1. The van der Waals surface area contributed by atoms with E-state index in [2.05, 4.69) is 37.2 Å². The first-order valence-electron chi connectivity index (χ1n) is 19.5. The molecule has 11 nitrogen and oxygen atoms in total. The van der Waals surface area contributed by atoms with Crippen LogP contribution in [0, 0.1) is 17.8 Å². The summed E-state index contributed by atoms with van der Waals surface area (Å²) in [5, 5.41) is 13.8. The Morgan fingerprint density at radius 3 is 2.30 bits per heavy atom. The van der Waals surface area contributed by atoms with Crippen molar-refractivity contribution in [3.05, 3.63) is 85.5 Å². The minimum absolute atomic E-state index is 0.152. The van der Waals surface area contributed by atoms with E-state index in [9.17, 15) is 19.5 Å². The number of ether oxygens (including phenoxy) is 2. The number of carbonyl (C=O) groups excluding carboxylic acids is 4. The molecule has 3 amide bonds. The normalized spacial score (nSPS) is 24.9. The number of allylic oxidation sites excluding steroid dienone is 1. The van der Waals surface area contributed by atoms with Gasteiger partial charge < -0.3 is 34.6 Å². The van der Waals surface area contributed by atoms with Crippen LogP contribution in [0.4, 0.5) is 11.4 Å². The van der Waals surface area contributed by atoms with Gasteiger partial charge in [-0.05, 0) is 75.8 Å². The average molecular weight is 743 g/mol. The fourth-order valence-corrected chi connectivity index (χ4v) is 8.78. The molecule has 9 atom stereocenters. The van der Waals surface area contributed by atoms with Crippen molar-refractivity contribution in [1.82, 2.24) is 10.2 Å². The zero-order valence-corrected chi connectivity index (χ0v) is 32.5. The first-order chi connectivity index (χ1) is 26.0. The maximum Gasteiger partial charge on any atom is 0.313 e. The summed E-state index contributed by atoms with van der Waals surface area (Å²) < 4.78 is 13.1. The number of benzene rings is 2. The van der Waals surface area contributed by atoms with E-state index in [4.69, 9.17) is 9.47 Å². The predicted molar refractivity (Wildman–Crippen MR) is 210 cm³/mol. The molecule has 54 heavy (non-hydrogen) atoms. The lowest BCUT2D eigenvalue weighted by molar-refractivity contribution is -0.162. The average Bonchev–Trinajstić information content (AvgIpc) is 3.83. The van der Waals surface area contributed by atoms with Crippen LogP contribution in [-0.2, 0) is 28.7 Å². The minimum atomic E-state index is -1.31. The molecule has 292 valence electrons. The molecule has 2 bridgehead atoms. The Labute approximate surface area is 320 Å². The highest BCUT2D eigenvalue weighted by molar-refractivity contribution is 6.05. The van der Waals surface area contributed by atoms with Gasteiger partial charge in [0.1, 0.15) is 17.7 Å². The van der Waals surface area contributed by atoms with Crippen molar-refractivity contribution in [2.45, 2.75) is 103 Å². The molecule has 1 spiro atoms. The van der Waals surface area contributed by atoms with Crippen LogP contribution in [-0.4, -0.2) is 89.8 Å². The van der Waals surface area contributed by atoms with E-state index in [0.717, 1.165) is 18.8 Å². The molecule has 11 heteroatoms. The number of rotatable bonds is 19. The van der Waals surface area contributed by atoms with Gasteiger partial charge in [-0.3, -0.25) is 19.2 Å². The van der Waals surface area contributed by atoms with Crippen LogP contribution < -0.4 is 15.1 Å². The SMILES string of the molecule is C=CCCC(=O)N[C@H](C)[C@@H](OC(=O)[C@@H]1[C@@H]2CC[C@]3(O2)[C@H](C(=O)N(CC=C)c2ccc(N(CC)CC)cc2)N([C@@H](CO)[C@@H](C)CC)C(=O)[C@@H]13)c1ccccc1. The molecule has 3 heterocycles. The number of aliphatic hydroxyl groups excluding tert-OH is 1. The molecule has 0 aliphatic carbocycles. The lowest BCUT2D eigenvalue weighted by atomic mass is 9.70. The second-order valence-corrected chi connectivity index (χ2v) is 14.8. The lowest BCUT2D eigenvalue weighted by Gasteiger charge is -2.41. The summed E-state index contributed by atoms with van der Waals surface area (Å²) >= 11 is 0. The zero-order chi connectivity index (χ0) is 39.2. The van der Waals surface area contributed by atoms with Crippen LogP contribution in [0.1, 0.15) is 78.4 Å². The molecule has 2 N–H and O–H groups in total. The monoisotopic (exact) mass is 742 g/mol. The third-order valence-electron chi connectivity index (χ3n) is 11.7. The highest BCUT2D eigenvalue weighted by Gasteiger charge is 2.76. The summed E-state index contributed by atoms with van der Waals surface area (Å²) in [5.74, 6) is -3.70. The zero-order valence-electron chi connectivity index (χ0n) is 32.5. The number of carbonyl (C=O) groups is 4. The second kappa shape index (κ2) is 17.8. The van der Waals surface area contributed by atoms with E-state index in [1.165, 1.54) is 4.90 Å². The van der Waals surface area contributed by atoms with E-state index >= 15 is 4.79 Å². The van der Waals surface area contributed by atoms with Gasteiger partial charge in [-0.1, -0.05) is 62.8 Å². The van der Waals surface area contributed by atoms with Crippen molar-refractivity contribution in [3.63, 3.8) is 0 Å². The Bertz CT molecular complexity index is 1650. The quantitative estimate of drug-likeness (QED) is 0.141. The number of nitrogens with zero attached hydrogens (tertiary/aromatic N) is 3. The van der Waals surface area contributed by atoms with E-state index in [1.54, 1.807) is 24.0 Å². The molecule has 3 saturated heterocycles. The minimum Gasteiger partial charge on any atom is -0.455 e. The highest BCUT2D eigenvalue weighted by Crippen LogP contribution is 2.59. The molecule has 2 aromatic carbocycles. The Kier molecular flexibility index (Phi) is 13.4. The number of nitrogens with one attached hydrogen (secondary N) is 1. The molecule has 3 aliphatic rings. The first-order valence-corrected chi connectivity index (χ1v) is 19.5. The summed E-state index contributed by atoms with van der Waals surface area (Å²) in [5.41, 5.74) is 1.06. The number of amides is 3. The van der Waals surface area contributed by atoms with Crippen LogP contribution in [0.5, 0.6) is 0 Å². The van der Waals surface area contributed by atoms with Gasteiger partial charge in [0.2, 0.25) is 11.8 Å². The Hall–Kier alpha value is -4.48. The van der Waals surface area contributed by atoms with Gasteiger partial charge in [0.25, 0.3) is 5.91 Å². The van der Waals surface area contributed by atoms with Crippen LogP contribution in [0.2, 0.25) is 0 Å². The molecule has 3 fully saturated rings. The smallest absolute Gasteiger partial charge is 0.313 e. The molecule has 5 rings (SSSR count). The number of anilines is 2. The van der Waals surface area contributed by atoms with Crippen LogP contribution >= 0.6 is 0 Å². The van der Waals surface area contributed by atoms with Gasteiger partial charge >= 0.3 is 5.97 Å². The van der Waals surface area contributed by atoms with Crippen molar-refractivity contribution in [2.75, 3.05) is 36.0 Å². The Morgan fingerprint density at radius 2 is 1.70 bits per heavy atom. The van der Waals surface area contributed by atoms with E-state index in [1.807, 2.05) is 68.4 Å². The number of hydrogen-bond donors (Lipinski definition) is 2. The van der Waals surface area contributed by atoms with Crippen molar-refractivity contribution in [2.24, 2.45) is 17.8 Å². The number of hydrogen-bond acceptors (Lipinski definition) is 8. The van der Waals surface area contributed by atoms with Crippen molar-refractivity contribution in [1.29, 1.82) is 0 Å². The Balaban J connectivity index is 1.52. The maximum atomic E-state index is 15.1. The highest BCUT2D eigenvalue weighted by atomic mass is 16.6. The predicted octanol–water partition coefficient (Wildman–Crippen LogP) is 5.59. The lowest BCUT2D eigenvalue weighted by Crippen LogP contribution is -2.60. The largest absolute Gasteiger partial charge is 0.455 e. The van der Waals surface area contributed by atoms with Crippen molar-refractivity contribution >= 4 is 35.1 Å². The van der Waals surface area contributed by atoms with Crippen LogP contribution in [0.25, 0.3) is 0 Å². The van der Waals surface area contributed by atoms with Gasteiger partial charge in [0.05, 0.1) is 36.6 Å². The summed E-state index contributed by atoms with van der Waals surface area (Å²) in [6, 6.07) is 14.6. The number of esters is 1. The number of fused-ring (bicyclic) bond motifs is 1. The first kappa shape index (κ1) is 40.7. The summed E-state index contributed by atoms with van der Waals surface area (Å²) in [6.45, 7) is 19.0. The molecular formula is C43H58N4O7. The van der Waals surface area contributed by atoms with Gasteiger partial charge in [0, 0.05) is 37.4 Å². The van der Waals surface area contributed by atoms with Gasteiger partial charge in [0.15, 0.2) is 0 Å². The van der Waals surface area contributed by atoms with Gasteiger partial charge in [-0.15, -0.1) is 13.2 Å². The van der Waals surface area contributed by atoms with E-state index in [0.29, 0.717) is 36.9 Å². The van der Waals surface area contributed by atoms with Crippen LogP contribution in [0.15, 0.2) is 79.9 Å². The van der Waals surface area contributed by atoms with Gasteiger partial charge in [-0.2, -0.15) is 0 Å².